The van der Waals surface area contributed by atoms with E-state index in [0.29, 0.717) is 30.5 Å². The number of fused-ring (bicyclic) bond motifs is 2. The van der Waals surface area contributed by atoms with Crippen LogP contribution in [0.1, 0.15) is 119 Å². The van der Waals surface area contributed by atoms with E-state index in [1.54, 1.807) is 0 Å². The first-order valence-electron chi connectivity index (χ1n) is 20.6. The zero-order valence-electron chi connectivity index (χ0n) is 30.8. The summed E-state index contributed by atoms with van der Waals surface area (Å²) in [6.45, 7) is 12.5. The highest BCUT2D eigenvalue weighted by Gasteiger charge is 2.91. The van der Waals surface area contributed by atoms with Gasteiger partial charge in [-0.05, 0) is 88.3 Å². The van der Waals surface area contributed by atoms with E-state index in [1.807, 2.05) is 4.90 Å². The molecule has 3 saturated heterocycles. The lowest BCUT2D eigenvalue weighted by atomic mass is 9.31. The molecule has 8 bridgehead atoms. The summed E-state index contributed by atoms with van der Waals surface area (Å²) >= 11 is 0. The Morgan fingerprint density at radius 2 is 1.84 bits per heavy atom. The number of nitrogens with two attached hydrogens (primary N) is 1. The molecule has 2 spiro atoms. The lowest BCUT2D eigenvalue weighted by molar-refractivity contribution is -0.942. The standard InChI is InChI=1S/C43H59N3O4/c1-4-8-32-14-16-37-42-18-17-31(33-20-27(3)13-15-35(33)46-25-28-21-29(26-46)24-45(32)23-28)22-41(42,40(48)49-37)36(9-5-2)43(42)34-12-6-10-30(11-7-19-44)38(34)39(47)50-43/h6,10,12,16,22,27-29,32-33,35-36H,4-5,7-9,11,13-15,17-21,23-26,44H2,1-3H3/p+1/t27-,28-,29-,32-,33-,35?,36-,41-,42+,43-/m0/s1. The van der Waals surface area contributed by atoms with Crippen LogP contribution in [0.2, 0.25) is 0 Å². The molecule has 50 heavy (non-hydrogen) atoms. The average molecular weight is 683 g/mol. The molecule has 270 valence electrons. The van der Waals surface area contributed by atoms with Crippen molar-refractivity contribution in [2.45, 2.75) is 122 Å². The molecule has 1 aromatic rings. The smallest absolute Gasteiger partial charge is 0.339 e. The highest BCUT2D eigenvalue weighted by atomic mass is 16.6. The highest BCUT2D eigenvalue weighted by molar-refractivity contribution is 5.99. The van der Waals surface area contributed by atoms with Gasteiger partial charge in [0.1, 0.15) is 11.2 Å². The monoisotopic (exact) mass is 682 g/mol. The molecule has 12 rings (SSSR count). The van der Waals surface area contributed by atoms with E-state index >= 15 is 0 Å². The summed E-state index contributed by atoms with van der Waals surface area (Å²) in [4.78, 5) is 33.9. The number of quaternary nitrogens is 1. The molecule has 7 heteroatoms. The van der Waals surface area contributed by atoms with Gasteiger partial charge in [0.25, 0.3) is 0 Å². The van der Waals surface area contributed by atoms with Crippen LogP contribution in [0.5, 0.6) is 0 Å². The number of nitrogens with one attached hydrogen (secondary N) is 1. The molecule has 2 saturated carbocycles. The van der Waals surface area contributed by atoms with E-state index in [4.69, 9.17) is 15.2 Å². The topological polar surface area (TPSA) is 86.3 Å². The Labute approximate surface area is 299 Å². The molecule has 8 aliphatic heterocycles. The number of carbonyl (C=O) groups excluding carboxylic acids is 2. The first kappa shape index (κ1) is 33.4. The van der Waals surface area contributed by atoms with E-state index < -0.39 is 16.4 Å². The van der Waals surface area contributed by atoms with E-state index in [2.05, 4.69) is 56.0 Å². The molecule has 8 heterocycles. The van der Waals surface area contributed by atoms with Crippen molar-refractivity contribution in [2.75, 3.05) is 32.7 Å². The molecule has 0 radical (unpaired) electrons. The number of nitrogens with zero attached hydrogens (tertiary/aromatic N) is 1. The summed E-state index contributed by atoms with van der Waals surface area (Å²) in [5.41, 5.74) is 7.77. The van der Waals surface area contributed by atoms with Crippen LogP contribution in [0.3, 0.4) is 0 Å². The van der Waals surface area contributed by atoms with Crippen molar-refractivity contribution in [1.29, 1.82) is 0 Å². The Morgan fingerprint density at radius 3 is 2.60 bits per heavy atom. The largest absolute Gasteiger partial charge is 0.449 e. The molecule has 0 aromatic heterocycles. The maximum atomic E-state index is 14.9. The maximum absolute atomic E-state index is 14.9. The number of hydrogen-bond acceptors (Lipinski definition) is 6. The van der Waals surface area contributed by atoms with Crippen LogP contribution in [0.15, 0.2) is 41.7 Å². The molecule has 7 nitrogen and oxygen atoms in total. The van der Waals surface area contributed by atoms with Gasteiger partial charge in [-0.2, -0.15) is 0 Å². The molecule has 5 fully saturated rings. The summed E-state index contributed by atoms with van der Waals surface area (Å²) < 4.78 is 13.6. The SMILES string of the molecule is CCC[C@H]1CC=C2OC(=O)[C@@]34C=C(CC[C@@]23[C@@]2(OC(=O)c3c(CCCN)cccc32)[C@H]4CCC)[C@@H]2C[C@@H](C)CCC2[NH+]2C[C@H]3C[C@@H](CN1C3)C2. The van der Waals surface area contributed by atoms with Crippen LogP contribution in [-0.2, 0) is 26.3 Å². The second-order valence-electron chi connectivity index (χ2n) is 17.9. The first-order valence-corrected chi connectivity index (χ1v) is 20.6. The summed E-state index contributed by atoms with van der Waals surface area (Å²) in [6, 6.07) is 7.38. The van der Waals surface area contributed by atoms with Gasteiger partial charge in [-0.3, -0.25) is 9.69 Å². The van der Waals surface area contributed by atoms with Gasteiger partial charge in [-0.1, -0.05) is 63.5 Å². The zero-order chi connectivity index (χ0) is 34.4. The Hall–Kier alpha value is -2.48. The molecular weight excluding hydrogens is 622 g/mol. The zero-order valence-corrected chi connectivity index (χ0v) is 30.8. The van der Waals surface area contributed by atoms with Gasteiger partial charge < -0.3 is 20.1 Å². The summed E-state index contributed by atoms with van der Waals surface area (Å²) in [5.74, 6) is 3.04. The quantitative estimate of drug-likeness (QED) is 0.283. The molecule has 1 aromatic carbocycles. The van der Waals surface area contributed by atoms with Crippen molar-refractivity contribution in [2.24, 2.45) is 46.2 Å². The fourth-order valence-corrected chi connectivity index (χ4v) is 13.7. The van der Waals surface area contributed by atoms with Gasteiger partial charge in [0.15, 0.2) is 5.60 Å². The number of carbonyl (C=O) groups is 2. The minimum atomic E-state index is -0.909. The molecule has 1 unspecified atom stereocenters. The number of piperidine rings is 2. The van der Waals surface area contributed by atoms with E-state index in [0.717, 1.165) is 92.1 Å². The second-order valence-corrected chi connectivity index (χ2v) is 17.9. The third-order valence-electron chi connectivity index (χ3n) is 15.4. The van der Waals surface area contributed by atoms with Crippen LogP contribution in [0.25, 0.3) is 0 Å². The van der Waals surface area contributed by atoms with E-state index in [1.165, 1.54) is 57.4 Å². The number of esters is 2. The molecule has 10 atom stereocenters. The molecule has 3 aliphatic carbocycles. The first-order chi connectivity index (χ1) is 24.3. The van der Waals surface area contributed by atoms with Crippen molar-refractivity contribution in [3.05, 3.63) is 58.4 Å². The third kappa shape index (κ3) is 4.38. The van der Waals surface area contributed by atoms with Crippen LogP contribution in [0, 0.1) is 40.4 Å². The minimum Gasteiger partial charge on any atom is -0.449 e. The minimum absolute atomic E-state index is 0.0947. The average Bonchev–Trinajstić information content (AvgIpc) is 3.55. The van der Waals surface area contributed by atoms with Crippen molar-refractivity contribution in [3.8, 4) is 0 Å². The molecule has 3 N–H and O–H groups in total. The van der Waals surface area contributed by atoms with Crippen molar-refractivity contribution in [3.63, 3.8) is 0 Å². The molecular formula is C43H60N3O4+. The predicted octanol–water partition coefficient (Wildman–Crippen LogP) is 5.72. The highest BCUT2D eigenvalue weighted by Crippen LogP contribution is 2.84. The molecule has 0 amide bonds. The predicted molar refractivity (Wildman–Crippen MR) is 193 cm³/mol. The van der Waals surface area contributed by atoms with Crippen LogP contribution in [0.4, 0.5) is 0 Å². The van der Waals surface area contributed by atoms with Gasteiger partial charge in [0.2, 0.25) is 0 Å². The van der Waals surface area contributed by atoms with Gasteiger partial charge >= 0.3 is 11.9 Å². The Bertz CT molecular complexity index is 1600. The maximum Gasteiger partial charge on any atom is 0.339 e. The number of ether oxygens (including phenoxy) is 2. The number of rotatable bonds is 7. The van der Waals surface area contributed by atoms with Gasteiger partial charge in [-0.15, -0.1) is 0 Å². The van der Waals surface area contributed by atoms with Crippen LogP contribution < -0.4 is 10.6 Å². The van der Waals surface area contributed by atoms with Crippen molar-refractivity contribution < 1.29 is 24.0 Å². The summed E-state index contributed by atoms with van der Waals surface area (Å²) in [7, 11) is 0. The number of hydrogen-bond donors (Lipinski definition) is 2. The lowest BCUT2D eigenvalue weighted by Crippen LogP contribution is -3.19. The second kappa shape index (κ2) is 12.3. The normalized spacial score (nSPS) is 44.0. The Kier molecular flexibility index (Phi) is 8.21. The fourth-order valence-electron chi connectivity index (χ4n) is 13.7. The van der Waals surface area contributed by atoms with Crippen LogP contribution >= 0.6 is 0 Å². The Balaban J connectivity index is 1.26. The van der Waals surface area contributed by atoms with Gasteiger partial charge in [0, 0.05) is 54.8 Å². The van der Waals surface area contributed by atoms with Crippen LogP contribution in [-0.4, -0.2) is 61.6 Å². The number of aryl methyl sites for hydroxylation is 1. The molecule has 11 aliphatic rings. The summed E-state index contributed by atoms with van der Waals surface area (Å²) in [5, 5.41) is 0. The van der Waals surface area contributed by atoms with Gasteiger partial charge in [-0.25, -0.2) is 4.79 Å². The van der Waals surface area contributed by atoms with Crippen molar-refractivity contribution in [1.82, 2.24) is 4.90 Å². The third-order valence-corrected chi connectivity index (χ3v) is 15.4. The van der Waals surface area contributed by atoms with Gasteiger partial charge in [0.05, 0.1) is 30.1 Å². The number of benzene rings is 1. The van der Waals surface area contributed by atoms with Crippen molar-refractivity contribution >= 4 is 11.9 Å². The Morgan fingerprint density at radius 1 is 1.04 bits per heavy atom. The van der Waals surface area contributed by atoms with E-state index in [-0.39, 0.29) is 17.9 Å². The summed E-state index contributed by atoms with van der Waals surface area (Å²) in [6.07, 6.45) is 18.2. The van der Waals surface area contributed by atoms with E-state index in [9.17, 15) is 9.59 Å². The fraction of sp³-hybridized carbons (Fsp3) is 0.721. The lowest BCUT2D eigenvalue weighted by Gasteiger charge is -2.69.